The van der Waals surface area contributed by atoms with E-state index in [0.717, 1.165) is 23.5 Å². The SMILES string of the molecule is CCN(c1cccc(OC)c1C(C)N)C(C)COC. The molecule has 0 spiro atoms. The highest BCUT2D eigenvalue weighted by Gasteiger charge is 2.20. The predicted molar refractivity (Wildman–Crippen MR) is 80.0 cm³/mol. The molecule has 4 heteroatoms. The molecule has 1 aromatic carbocycles. The summed E-state index contributed by atoms with van der Waals surface area (Å²) in [5, 5.41) is 0. The van der Waals surface area contributed by atoms with Crippen LogP contribution in [-0.2, 0) is 4.74 Å². The lowest BCUT2D eigenvalue weighted by molar-refractivity contribution is 0.182. The van der Waals surface area contributed by atoms with Gasteiger partial charge in [0.2, 0.25) is 0 Å². The number of nitrogens with zero attached hydrogens (tertiary/aromatic N) is 1. The highest BCUT2D eigenvalue weighted by atomic mass is 16.5. The predicted octanol–water partition coefficient (Wildman–Crippen LogP) is 2.58. The van der Waals surface area contributed by atoms with E-state index in [0.29, 0.717) is 12.6 Å². The molecule has 0 amide bonds. The summed E-state index contributed by atoms with van der Waals surface area (Å²) < 4.78 is 10.7. The highest BCUT2D eigenvalue weighted by molar-refractivity contribution is 5.61. The standard InChI is InChI=1S/C15H26N2O2/c1-6-17(11(2)10-18-4)13-8-7-9-14(19-5)15(13)12(3)16/h7-9,11-12H,6,10,16H2,1-5H3. The van der Waals surface area contributed by atoms with E-state index in [4.69, 9.17) is 15.2 Å². The van der Waals surface area contributed by atoms with Crippen LogP contribution in [0.1, 0.15) is 32.4 Å². The Hall–Kier alpha value is -1.26. The molecular formula is C15H26N2O2. The summed E-state index contributed by atoms with van der Waals surface area (Å²) in [5.74, 6) is 0.843. The molecule has 0 aliphatic heterocycles. The number of methoxy groups -OCH3 is 2. The van der Waals surface area contributed by atoms with Crippen molar-refractivity contribution in [1.29, 1.82) is 0 Å². The lowest BCUT2D eigenvalue weighted by Gasteiger charge is -2.33. The third kappa shape index (κ3) is 3.61. The Morgan fingerprint density at radius 1 is 1.26 bits per heavy atom. The van der Waals surface area contributed by atoms with Crippen molar-refractivity contribution in [1.82, 2.24) is 0 Å². The van der Waals surface area contributed by atoms with Gasteiger partial charge >= 0.3 is 0 Å². The Morgan fingerprint density at radius 3 is 2.42 bits per heavy atom. The monoisotopic (exact) mass is 266 g/mol. The third-order valence-corrected chi connectivity index (χ3v) is 3.31. The molecule has 0 saturated heterocycles. The van der Waals surface area contributed by atoms with Crippen molar-refractivity contribution in [2.75, 3.05) is 32.3 Å². The number of ether oxygens (including phenoxy) is 2. The van der Waals surface area contributed by atoms with E-state index in [-0.39, 0.29) is 6.04 Å². The Bertz CT molecular complexity index is 394. The Kier molecular flexibility index (Phi) is 6.12. The van der Waals surface area contributed by atoms with Gasteiger partial charge in [0, 0.05) is 37.0 Å². The van der Waals surface area contributed by atoms with Crippen molar-refractivity contribution >= 4 is 5.69 Å². The summed E-state index contributed by atoms with van der Waals surface area (Å²) in [7, 11) is 3.41. The normalized spacial score (nSPS) is 14.0. The third-order valence-electron chi connectivity index (χ3n) is 3.31. The molecule has 0 saturated carbocycles. The minimum atomic E-state index is -0.0741. The summed E-state index contributed by atoms with van der Waals surface area (Å²) in [5.41, 5.74) is 8.30. The average Bonchev–Trinajstić information content (AvgIpc) is 2.39. The van der Waals surface area contributed by atoms with Crippen LogP contribution in [0.4, 0.5) is 5.69 Å². The first-order valence-corrected chi connectivity index (χ1v) is 6.74. The largest absolute Gasteiger partial charge is 0.496 e. The van der Waals surface area contributed by atoms with E-state index < -0.39 is 0 Å². The fourth-order valence-corrected chi connectivity index (χ4v) is 2.47. The van der Waals surface area contributed by atoms with E-state index in [1.165, 1.54) is 0 Å². The minimum absolute atomic E-state index is 0.0741. The van der Waals surface area contributed by atoms with E-state index in [2.05, 4.69) is 24.8 Å². The number of benzene rings is 1. The van der Waals surface area contributed by atoms with Gasteiger partial charge in [0.15, 0.2) is 0 Å². The van der Waals surface area contributed by atoms with Crippen LogP contribution in [0, 0.1) is 0 Å². The first-order chi connectivity index (χ1) is 9.06. The van der Waals surface area contributed by atoms with Gasteiger partial charge in [-0.2, -0.15) is 0 Å². The summed E-state index contributed by atoms with van der Waals surface area (Å²) in [6.45, 7) is 7.85. The molecule has 1 aromatic rings. The molecule has 108 valence electrons. The fourth-order valence-electron chi connectivity index (χ4n) is 2.47. The molecular weight excluding hydrogens is 240 g/mol. The van der Waals surface area contributed by atoms with Crippen LogP contribution >= 0.6 is 0 Å². The molecule has 0 aromatic heterocycles. The maximum atomic E-state index is 6.12. The molecule has 19 heavy (non-hydrogen) atoms. The van der Waals surface area contributed by atoms with Crippen molar-refractivity contribution < 1.29 is 9.47 Å². The van der Waals surface area contributed by atoms with Crippen LogP contribution in [0.25, 0.3) is 0 Å². The number of likely N-dealkylation sites (N-methyl/N-ethyl adjacent to an activating group) is 1. The van der Waals surface area contributed by atoms with Gasteiger partial charge in [0.25, 0.3) is 0 Å². The van der Waals surface area contributed by atoms with Gasteiger partial charge in [0.05, 0.1) is 13.7 Å². The van der Waals surface area contributed by atoms with Crippen LogP contribution < -0.4 is 15.4 Å². The smallest absolute Gasteiger partial charge is 0.125 e. The van der Waals surface area contributed by atoms with Crippen molar-refractivity contribution in [2.45, 2.75) is 32.9 Å². The van der Waals surface area contributed by atoms with Gasteiger partial charge in [-0.1, -0.05) is 6.07 Å². The molecule has 0 radical (unpaired) electrons. The second kappa shape index (κ2) is 7.36. The van der Waals surface area contributed by atoms with Gasteiger partial charge in [-0.3, -0.25) is 0 Å². The summed E-state index contributed by atoms with van der Waals surface area (Å²) in [6.07, 6.45) is 0. The topological polar surface area (TPSA) is 47.7 Å². The van der Waals surface area contributed by atoms with Crippen LogP contribution in [0.5, 0.6) is 5.75 Å². The second-order valence-corrected chi connectivity index (χ2v) is 4.77. The maximum absolute atomic E-state index is 6.12. The zero-order chi connectivity index (χ0) is 14.4. The molecule has 4 nitrogen and oxygen atoms in total. The highest BCUT2D eigenvalue weighted by Crippen LogP contribution is 2.34. The molecule has 1 rings (SSSR count). The minimum Gasteiger partial charge on any atom is -0.496 e. The summed E-state index contributed by atoms with van der Waals surface area (Å²) in [4.78, 5) is 2.30. The van der Waals surface area contributed by atoms with Crippen LogP contribution in [-0.4, -0.2) is 33.4 Å². The van der Waals surface area contributed by atoms with Crippen molar-refractivity contribution in [3.63, 3.8) is 0 Å². The molecule has 2 unspecified atom stereocenters. The molecule has 0 aliphatic rings. The van der Waals surface area contributed by atoms with E-state index >= 15 is 0 Å². The van der Waals surface area contributed by atoms with Gasteiger partial charge in [0.1, 0.15) is 5.75 Å². The Morgan fingerprint density at radius 2 is 1.95 bits per heavy atom. The lowest BCUT2D eigenvalue weighted by Crippen LogP contribution is -2.37. The van der Waals surface area contributed by atoms with Crippen molar-refractivity contribution in [3.05, 3.63) is 23.8 Å². The second-order valence-electron chi connectivity index (χ2n) is 4.77. The number of rotatable bonds is 7. The van der Waals surface area contributed by atoms with Crippen molar-refractivity contribution in [3.8, 4) is 5.75 Å². The average molecular weight is 266 g/mol. The van der Waals surface area contributed by atoms with Crippen molar-refractivity contribution in [2.24, 2.45) is 5.73 Å². The fraction of sp³-hybridized carbons (Fsp3) is 0.600. The molecule has 2 N–H and O–H groups in total. The summed E-state index contributed by atoms with van der Waals surface area (Å²) in [6, 6.07) is 6.27. The van der Waals surface area contributed by atoms with Gasteiger partial charge in [-0.25, -0.2) is 0 Å². The molecule has 0 fully saturated rings. The molecule has 2 atom stereocenters. The van der Waals surface area contributed by atoms with E-state index in [1.54, 1.807) is 14.2 Å². The number of hydrogen-bond donors (Lipinski definition) is 1. The van der Waals surface area contributed by atoms with Gasteiger partial charge < -0.3 is 20.1 Å². The van der Waals surface area contributed by atoms with Crippen LogP contribution in [0.2, 0.25) is 0 Å². The van der Waals surface area contributed by atoms with Gasteiger partial charge in [-0.15, -0.1) is 0 Å². The van der Waals surface area contributed by atoms with E-state index in [9.17, 15) is 0 Å². The van der Waals surface area contributed by atoms with Crippen LogP contribution in [0.15, 0.2) is 18.2 Å². The molecule has 0 heterocycles. The molecule has 0 aliphatic carbocycles. The summed E-state index contributed by atoms with van der Waals surface area (Å²) >= 11 is 0. The van der Waals surface area contributed by atoms with Crippen LogP contribution in [0.3, 0.4) is 0 Å². The Labute approximate surface area is 116 Å². The number of hydrogen-bond acceptors (Lipinski definition) is 4. The number of nitrogens with two attached hydrogens (primary N) is 1. The zero-order valence-electron chi connectivity index (χ0n) is 12.6. The lowest BCUT2D eigenvalue weighted by atomic mass is 10.0. The molecule has 0 bridgehead atoms. The Balaban J connectivity index is 3.22. The first kappa shape index (κ1) is 15.8. The maximum Gasteiger partial charge on any atom is 0.125 e. The van der Waals surface area contributed by atoms with E-state index in [1.807, 2.05) is 19.1 Å². The number of anilines is 1. The zero-order valence-corrected chi connectivity index (χ0v) is 12.6. The van der Waals surface area contributed by atoms with Gasteiger partial charge in [-0.05, 0) is 32.9 Å². The quantitative estimate of drug-likeness (QED) is 0.824. The first-order valence-electron chi connectivity index (χ1n) is 6.74.